The SMILES string of the molecule is CC(C)c1ccc(S(=O)(=O)c2ccc(C(F)(F)F)cc2S(=O)(=O)c2cccs2)cc1. The zero-order valence-electron chi connectivity index (χ0n) is 15.8. The van der Waals surface area contributed by atoms with E-state index in [9.17, 15) is 30.0 Å². The molecule has 10 heteroatoms. The summed E-state index contributed by atoms with van der Waals surface area (Å²) in [6.45, 7) is 3.84. The first-order valence-electron chi connectivity index (χ1n) is 8.70. The molecule has 1 heterocycles. The summed E-state index contributed by atoms with van der Waals surface area (Å²) in [5.41, 5.74) is -0.375. The maximum atomic E-state index is 13.2. The van der Waals surface area contributed by atoms with Gasteiger partial charge in [0.1, 0.15) is 4.21 Å². The Morgan fingerprint density at radius 3 is 1.97 bits per heavy atom. The Labute approximate surface area is 176 Å². The van der Waals surface area contributed by atoms with Gasteiger partial charge in [0.25, 0.3) is 0 Å². The number of rotatable bonds is 5. The molecule has 0 amide bonds. The van der Waals surface area contributed by atoms with E-state index in [1.54, 1.807) is 12.1 Å². The number of alkyl halides is 3. The van der Waals surface area contributed by atoms with E-state index >= 15 is 0 Å². The topological polar surface area (TPSA) is 68.3 Å². The van der Waals surface area contributed by atoms with Gasteiger partial charge < -0.3 is 0 Å². The van der Waals surface area contributed by atoms with Crippen molar-refractivity contribution in [2.75, 3.05) is 0 Å². The highest BCUT2D eigenvalue weighted by molar-refractivity contribution is 7.95. The number of thiophene rings is 1. The molecule has 0 saturated heterocycles. The molecule has 3 rings (SSSR count). The second-order valence-corrected chi connectivity index (χ2v) is 11.8. The van der Waals surface area contributed by atoms with Gasteiger partial charge in [0.2, 0.25) is 19.7 Å². The molecule has 0 bridgehead atoms. The molecular formula is C20H17F3O4S3. The minimum absolute atomic E-state index is 0.141. The summed E-state index contributed by atoms with van der Waals surface area (Å²) in [4.78, 5) is -1.79. The zero-order valence-corrected chi connectivity index (χ0v) is 18.3. The van der Waals surface area contributed by atoms with Crippen LogP contribution in [0.3, 0.4) is 0 Å². The van der Waals surface area contributed by atoms with Crippen molar-refractivity contribution in [2.45, 2.75) is 44.8 Å². The molecule has 0 aliphatic rings. The molecule has 160 valence electrons. The molecule has 1 aromatic heterocycles. The maximum Gasteiger partial charge on any atom is 0.416 e. The molecule has 0 N–H and O–H groups in total. The molecule has 0 spiro atoms. The van der Waals surface area contributed by atoms with E-state index in [1.165, 1.54) is 29.6 Å². The lowest BCUT2D eigenvalue weighted by Crippen LogP contribution is -2.13. The first-order valence-corrected chi connectivity index (χ1v) is 12.5. The van der Waals surface area contributed by atoms with Crippen molar-refractivity contribution in [1.82, 2.24) is 0 Å². The molecule has 0 atom stereocenters. The summed E-state index contributed by atoms with van der Waals surface area (Å²) in [5.74, 6) is 0.141. The van der Waals surface area contributed by atoms with Crippen LogP contribution in [-0.4, -0.2) is 16.8 Å². The number of benzene rings is 2. The quantitative estimate of drug-likeness (QED) is 0.486. The second kappa shape index (κ2) is 7.82. The van der Waals surface area contributed by atoms with Crippen LogP contribution in [0.2, 0.25) is 0 Å². The first-order chi connectivity index (χ1) is 13.8. The Kier molecular flexibility index (Phi) is 5.87. The van der Waals surface area contributed by atoms with Crippen LogP contribution in [0.1, 0.15) is 30.9 Å². The monoisotopic (exact) mass is 474 g/mol. The van der Waals surface area contributed by atoms with E-state index in [0.717, 1.165) is 16.9 Å². The van der Waals surface area contributed by atoms with Gasteiger partial charge >= 0.3 is 6.18 Å². The Morgan fingerprint density at radius 2 is 1.47 bits per heavy atom. The van der Waals surface area contributed by atoms with Gasteiger partial charge in [0.15, 0.2) is 0 Å². The van der Waals surface area contributed by atoms with E-state index in [2.05, 4.69) is 0 Å². The Balaban J connectivity index is 2.26. The third-order valence-corrected chi connectivity index (χ3v) is 9.62. The van der Waals surface area contributed by atoms with Crippen LogP contribution >= 0.6 is 11.3 Å². The van der Waals surface area contributed by atoms with Crippen molar-refractivity contribution in [3.05, 3.63) is 71.1 Å². The molecule has 0 fully saturated rings. The molecule has 0 unspecified atom stereocenters. The number of hydrogen-bond acceptors (Lipinski definition) is 5. The summed E-state index contributed by atoms with van der Waals surface area (Å²) < 4.78 is 91.8. The Hall–Kier alpha value is -2.17. The average Bonchev–Trinajstić information content (AvgIpc) is 3.22. The molecule has 3 aromatic rings. The van der Waals surface area contributed by atoms with Crippen molar-refractivity contribution >= 4 is 31.0 Å². The van der Waals surface area contributed by atoms with Gasteiger partial charge in [-0.05, 0) is 53.3 Å². The molecular weight excluding hydrogens is 457 g/mol. The van der Waals surface area contributed by atoms with Crippen molar-refractivity contribution < 1.29 is 30.0 Å². The first kappa shape index (κ1) is 22.5. The minimum atomic E-state index is -4.83. The molecule has 4 nitrogen and oxygen atoms in total. The molecule has 30 heavy (non-hydrogen) atoms. The summed E-state index contributed by atoms with van der Waals surface area (Å²) in [5, 5.41) is 1.44. The molecule has 0 saturated carbocycles. The molecule has 0 radical (unpaired) electrons. The summed E-state index contributed by atoms with van der Waals surface area (Å²) in [6, 6.07) is 10.1. The van der Waals surface area contributed by atoms with Crippen LogP contribution in [0, 0.1) is 0 Å². The van der Waals surface area contributed by atoms with Crippen LogP contribution in [0.4, 0.5) is 13.2 Å². The lowest BCUT2D eigenvalue weighted by atomic mass is 10.0. The van der Waals surface area contributed by atoms with Gasteiger partial charge in [-0.1, -0.05) is 32.0 Å². The van der Waals surface area contributed by atoms with Crippen molar-refractivity contribution in [3.63, 3.8) is 0 Å². The van der Waals surface area contributed by atoms with Gasteiger partial charge in [0, 0.05) is 0 Å². The highest BCUT2D eigenvalue weighted by Crippen LogP contribution is 2.38. The van der Waals surface area contributed by atoms with E-state index in [1.807, 2.05) is 13.8 Å². The largest absolute Gasteiger partial charge is 0.416 e. The molecule has 0 aliphatic heterocycles. The predicted molar refractivity (Wildman–Crippen MR) is 107 cm³/mol. The normalized spacial score (nSPS) is 13.0. The third kappa shape index (κ3) is 4.17. The van der Waals surface area contributed by atoms with Crippen LogP contribution in [0.25, 0.3) is 0 Å². The minimum Gasteiger partial charge on any atom is -0.218 e. The highest BCUT2D eigenvalue weighted by atomic mass is 32.2. The van der Waals surface area contributed by atoms with Crippen LogP contribution < -0.4 is 0 Å². The van der Waals surface area contributed by atoms with Gasteiger partial charge in [-0.3, -0.25) is 0 Å². The predicted octanol–water partition coefficient (Wildman–Crippen LogP) is 5.56. The fourth-order valence-corrected chi connectivity index (χ4v) is 7.26. The van der Waals surface area contributed by atoms with Gasteiger partial charge in [-0.25, -0.2) is 16.8 Å². The van der Waals surface area contributed by atoms with Crippen LogP contribution in [0.5, 0.6) is 0 Å². The van der Waals surface area contributed by atoms with Crippen molar-refractivity contribution in [3.8, 4) is 0 Å². The van der Waals surface area contributed by atoms with Gasteiger partial charge in [-0.2, -0.15) is 13.2 Å². The lowest BCUT2D eigenvalue weighted by Gasteiger charge is -2.14. The standard InChI is InChI=1S/C20H17F3O4S3/c1-13(2)14-5-8-16(9-6-14)29(24,25)17-10-7-15(20(21,22)23)12-18(17)30(26,27)19-4-3-11-28-19/h3-13H,1-2H3. The van der Waals surface area contributed by atoms with E-state index in [-0.39, 0.29) is 15.0 Å². The Bertz CT molecular complexity index is 1260. The average molecular weight is 475 g/mol. The molecule has 0 aliphatic carbocycles. The summed E-state index contributed by atoms with van der Waals surface area (Å²) >= 11 is 0.794. The summed E-state index contributed by atoms with van der Waals surface area (Å²) in [7, 11) is -8.87. The number of hydrogen-bond donors (Lipinski definition) is 0. The van der Waals surface area contributed by atoms with E-state index in [0.29, 0.717) is 18.2 Å². The molecule has 2 aromatic carbocycles. The number of sulfone groups is 2. The van der Waals surface area contributed by atoms with Crippen LogP contribution in [-0.2, 0) is 25.9 Å². The van der Waals surface area contributed by atoms with Crippen molar-refractivity contribution in [1.29, 1.82) is 0 Å². The summed E-state index contributed by atoms with van der Waals surface area (Å²) in [6.07, 6.45) is -4.83. The van der Waals surface area contributed by atoms with Gasteiger partial charge in [-0.15, -0.1) is 11.3 Å². The number of halogens is 3. The van der Waals surface area contributed by atoms with Crippen LogP contribution in [0.15, 0.2) is 78.9 Å². The van der Waals surface area contributed by atoms with Crippen molar-refractivity contribution in [2.24, 2.45) is 0 Å². The third-order valence-electron chi connectivity index (χ3n) is 4.47. The highest BCUT2D eigenvalue weighted by Gasteiger charge is 2.36. The van der Waals surface area contributed by atoms with E-state index in [4.69, 9.17) is 0 Å². The fourth-order valence-electron chi connectivity index (χ4n) is 2.80. The fraction of sp³-hybridized carbons (Fsp3) is 0.200. The van der Waals surface area contributed by atoms with Gasteiger partial charge in [0.05, 0.1) is 20.2 Å². The van der Waals surface area contributed by atoms with E-state index < -0.39 is 41.2 Å². The zero-order chi connectivity index (χ0) is 22.3. The second-order valence-electron chi connectivity index (χ2n) is 6.82. The maximum absolute atomic E-state index is 13.2. The Morgan fingerprint density at radius 1 is 0.833 bits per heavy atom. The smallest absolute Gasteiger partial charge is 0.218 e. The lowest BCUT2D eigenvalue weighted by molar-refractivity contribution is -0.137.